The van der Waals surface area contributed by atoms with E-state index in [1.165, 1.54) is 11.3 Å². The number of hydrogen-bond donors (Lipinski definition) is 0. The predicted octanol–water partition coefficient (Wildman–Crippen LogP) is 2.22. The van der Waals surface area contributed by atoms with Gasteiger partial charge in [-0.25, -0.2) is 0 Å². The van der Waals surface area contributed by atoms with E-state index in [-0.39, 0.29) is 0 Å². The van der Waals surface area contributed by atoms with Crippen molar-refractivity contribution in [3.05, 3.63) is 34.5 Å². The van der Waals surface area contributed by atoms with E-state index in [0.717, 1.165) is 36.7 Å². The highest BCUT2D eigenvalue weighted by Crippen LogP contribution is 2.15. The van der Waals surface area contributed by atoms with Crippen LogP contribution in [0.3, 0.4) is 0 Å². The quantitative estimate of drug-likeness (QED) is 0.829. The Hall–Kier alpha value is -1.62. The average molecular weight is 262 g/mol. The van der Waals surface area contributed by atoms with Gasteiger partial charge in [-0.05, 0) is 27.3 Å². The van der Waals surface area contributed by atoms with Crippen LogP contribution in [-0.2, 0) is 26.6 Å². The molecule has 0 bridgehead atoms. The lowest BCUT2D eigenvalue weighted by Crippen LogP contribution is -2.17. The number of nitrogens with zero attached hydrogens (tertiary/aromatic N) is 4. The van der Waals surface area contributed by atoms with Crippen molar-refractivity contribution in [2.75, 3.05) is 7.05 Å². The molecule has 0 aliphatic carbocycles. The van der Waals surface area contributed by atoms with Crippen LogP contribution < -0.4 is 0 Å². The normalized spacial score (nSPS) is 11.5. The van der Waals surface area contributed by atoms with Gasteiger partial charge in [0.25, 0.3) is 0 Å². The minimum atomic E-state index is 0.765. The van der Waals surface area contributed by atoms with Crippen molar-refractivity contribution in [3.8, 4) is 0 Å². The summed E-state index contributed by atoms with van der Waals surface area (Å²) in [6, 6.07) is 2.03. The molecule has 0 radical (unpaired) electrons. The fraction of sp³-hybridized carbons (Fsp3) is 0.571. The number of hydrogen-bond acceptors (Lipinski definition) is 4. The Bertz CT molecular complexity index is 556. The molecule has 0 atom stereocenters. The van der Waals surface area contributed by atoms with Gasteiger partial charge in [-0.15, -0.1) is 0 Å². The predicted molar refractivity (Wildman–Crippen MR) is 73.7 cm³/mol. The average Bonchev–Trinajstić information content (AvgIpc) is 2.90. The lowest BCUT2D eigenvalue weighted by atomic mass is 10.2. The standard InChI is InChI=1S/C14H22N4O/c1-6-12-7-13(19-16-12)8-17(4)9-14-10(2)15-18(5)11(14)3/h7H,6,8-9H2,1-5H3. The summed E-state index contributed by atoms with van der Waals surface area (Å²) in [7, 11) is 4.07. The van der Waals surface area contributed by atoms with Gasteiger partial charge in [0.05, 0.1) is 17.9 Å². The second kappa shape index (κ2) is 5.57. The van der Waals surface area contributed by atoms with Crippen molar-refractivity contribution >= 4 is 0 Å². The van der Waals surface area contributed by atoms with Crippen LogP contribution in [0.2, 0.25) is 0 Å². The van der Waals surface area contributed by atoms with E-state index in [0.29, 0.717) is 0 Å². The molecule has 19 heavy (non-hydrogen) atoms. The molecule has 2 aromatic rings. The van der Waals surface area contributed by atoms with Crippen LogP contribution in [0, 0.1) is 13.8 Å². The minimum Gasteiger partial charge on any atom is -0.360 e. The summed E-state index contributed by atoms with van der Waals surface area (Å²) in [4.78, 5) is 2.22. The van der Waals surface area contributed by atoms with Crippen molar-refractivity contribution in [2.24, 2.45) is 7.05 Å². The highest BCUT2D eigenvalue weighted by Gasteiger charge is 2.13. The molecule has 0 aromatic carbocycles. The smallest absolute Gasteiger partial charge is 0.150 e. The molecule has 2 heterocycles. The first-order chi connectivity index (χ1) is 9.01. The molecule has 2 rings (SSSR count). The zero-order valence-corrected chi connectivity index (χ0v) is 12.4. The molecule has 0 N–H and O–H groups in total. The van der Waals surface area contributed by atoms with E-state index < -0.39 is 0 Å². The van der Waals surface area contributed by atoms with Gasteiger partial charge in [0.2, 0.25) is 0 Å². The third kappa shape index (κ3) is 3.04. The van der Waals surface area contributed by atoms with E-state index >= 15 is 0 Å². The third-order valence-electron chi connectivity index (χ3n) is 3.48. The number of aromatic nitrogens is 3. The van der Waals surface area contributed by atoms with Gasteiger partial charge in [-0.2, -0.15) is 5.10 Å². The fourth-order valence-corrected chi connectivity index (χ4v) is 2.24. The second-order valence-electron chi connectivity index (χ2n) is 5.08. The van der Waals surface area contributed by atoms with Gasteiger partial charge in [-0.3, -0.25) is 9.58 Å². The summed E-state index contributed by atoms with van der Waals surface area (Å²) in [5.74, 6) is 0.915. The van der Waals surface area contributed by atoms with Gasteiger partial charge < -0.3 is 4.52 Å². The van der Waals surface area contributed by atoms with Crippen LogP contribution >= 0.6 is 0 Å². The number of rotatable bonds is 5. The van der Waals surface area contributed by atoms with Crippen LogP contribution in [0.5, 0.6) is 0 Å². The maximum atomic E-state index is 5.32. The first-order valence-electron chi connectivity index (χ1n) is 6.63. The first-order valence-corrected chi connectivity index (χ1v) is 6.63. The molecule has 0 fully saturated rings. The molecule has 0 saturated carbocycles. The maximum Gasteiger partial charge on any atom is 0.150 e. The molecule has 0 aliphatic rings. The molecule has 0 aliphatic heterocycles. The Morgan fingerprint density at radius 1 is 1.32 bits per heavy atom. The van der Waals surface area contributed by atoms with Gasteiger partial charge in [-0.1, -0.05) is 12.1 Å². The largest absolute Gasteiger partial charge is 0.360 e. The topological polar surface area (TPSA) is 47.1 Å². The van der Waals surface area contributed by atoms with E-state index in [9.17, 15) is 0 Å². The van der Waals surface area contributed by atoms with Crippen molar-refractivity contribution < 1.29 is 4.52 Å². The van der Waals surface area contributed by atoms with Crippen molar-refractivity contribution in [3.63, 3.8) is 0 Å². The molecule has 0 amide bonds. The molecule has 0 saturated heterocycles. The monoisotopic (exact) mass is 262 g/mol. The van der Waals surface area contributed by atoms with Gasteiger partial charge >= 0.3 is 0 Å². The highest BCUT2D eigenvalue weighted by molar-refractivity contribution is 5.24. The molecule has 0 spiro atoms. The van der Waals surface area contributed by atoms with Crippen molar-refractivity contribution in [1.82, 2.24) is 19.8 Å². The molecule has 5 heteroatoms. The molecule has 0 unspecified atom stereocenters. The van der Waals surface area contributed by atoms with Gasteiger partial charge in [0.1, 0.15) is 0 Å². The Kier molecular flexibility index (Phi) is 4.04. The van der Waals surface area contributed by atoms with Crippen molar-refractivity contribution in [2.45, 2.75) is 40.3 Å². The van der Waals surface area contributed by atoms with Crippen LogP contribution in [0.4, 0.5) is 0 Å². The Labute approximate surface area is 114 Å². The van der Waals surface area contributed by atoms with E-state index in [1.54, 1.807) is 0 Å². The Balaban J connectivity index is 2.02. The van der Waals surface area contributed by atoms with Crippen LogP contribution in [-0.4, -0.2) is 26.9 Å². The van der Waals surface area contributed by atoms with Crippen LogP contribution in [0.15, 0.2) is 10.6 Å². The first kappa shape index (κ1) is 13.8. The molecule has 104 valence electrons. The maximum absolute atomic E-state index is 5.32. The summed E-state index contributed by atoms with van der Waals surface area (Å²) < 4.78 is 7.25. The summed E-state index contributed by atoms with van der Waals surface area (Å²) >= 11 is 0. The zero-order valence-electron chi connectivity index (χ0n) is 12.4. The van der Waals surface area contributed by atoms with Crippen molar-refractivity contribution in [1.29, 1.82) is 0 Å². The summed E-state index contributed by atoms with van der Waals surface area (Å²) in [5.41, 5.74) is 4.62. The summed E-state index contributed by atoms with van der Waals surface area (Å²) in [6.07, 6.45) is 0.911. The Morgan fingerprint density at radius 2 is 2.05 bits per heavy atom. The highest BCUT2D eigenvalue weighted by atomic mass is 16.5. The minimum absolute atomic E-state index is 0.765. The zero-order chi connectivity index (χ0) is 14.0. The van der Waals surface area contributed by atoms with Crippen LogP contribution in [0.1, 0.15) is 35.3 Å². The molecular weight excluding hydrogens is 240 g/mol. The molecular formula is C14H22N4O. The second-order valence-corrected chi connectivity index (χ2v) is 5.08. The van der Waals surface area contributed by atoms with E-state index in [2.05, 4.69) is 43.0 Å². The molecule has 2 aromatic heterocycles. The van der Waals surface area contributed by atoms with E-state index in [4.69, 9.17) is 4.52 Å². The third-order valence-corrected chi connectivity index (χ3v) is 3.48. The lowest BCUT2D eigenvalue weighted by molar-refractivity contribution is 0.265. The van der Waals surface area contributed by atoms with Gasteiger partial charge in [0, 0.05) is 30.9 Å². The summed E-state index contributed by atoms with van der Waals surface area (Å²) in [5, 5.41) is 8.46. The number of aryl methyl sites for hydroxylation is 3. The fourth-order valence-electron chi connectivity index (χ4n) is 2.24. The SMILES string of the molecule is CCc1cc(CN(C)Cc2c(C)nn(C)c2C)on1. The van der Waals surface area contributed by atoms with Crippen LogP contribution in [0.25, 0.3) is 0 Å². The molecule has 5 nitrogen and oxygen atoms in total. The van der Waals surface area contributed by atoms with Gasteiger partial charge in [0.15, 0.2) is 5.76 Å². The summed E-state index contributed by atoms with van der Waals surface area (Å²) in [6.45, 7) is 7.87. The van der Waals surface area contributed by atoms with E-state index in [1.807, 2.05) is 17.8 Å². The Morgan fingerprint density at radius 3 is 2.58 bits per heavy atom. The lowest BCUT2D eigenvalue weighted by Gasteiger charge is -2.14.